The number of benzene rings is 1. The molecule has 1 aromatic carbocycles. The Balaban J connectivity index is 0.00000140. The quantitative estimate of drug-likeness (QED) is 0.199. The number of nitrogens with one attached hydrogen (secondary N) is 1. The molecule has 10 nitrogen and oxygen atoms in total. The van der Waals surface area contributed by atoms with Crippen LogP contribution < -0.4 is 10.2 Å². The van der Waals surface area contributed by atoms with Crippen molar-refractivity contribution in [2.75, 3.05) is 30.1 Å². The minimum absolute atomic E-state index is 0.0463. The molecule has 2 amide bonds. The zero-order valence-corrected chi connectivity index (χ0v) is 24.9. The number of esters is 3. The summed E-state index contributed by atoms with van der Waals surface area (Å²) in [6, 6.07) is -0.0463. The number of alkyl halides is 1. The van der Waals surface area contributed by atoms with Crippen LogP contribution in [0.2, 0.25) is 0 Å². The van der Waals surface area contributed by atoms with Gasteiger partial charge in [-0.15, -0.1) is 0 Å². The van der Waals surface area contributed by atoms with Crippen LogP contribution in [0.25, 0.3) is 0 Å². The fourth-order valence-electron chi connectivity index (χ4n) is 1.88. The van der Waals surface area contributed by atoms with Crippen LogP contribution in [0.15, 0.2) is 0 Å². The molecule has 0 aliphatic rings. The van der Waals surface area contributed by atoms with Gasteiger partial charge in [0.2, 0.25) is 18.6 Å². The molecular formula is C18H20ClI3N2O8. The molecule has 178 valence electrons. The molecule has 0 atom stereocenters. The van der Waals surface area contributed by atoms with Crippen LogP contribution in [0.1, 0.15) is 38.1 Å². The van der Waals surface area contributed by atoms with Crippen molar-refractivity contribution in [3.63, 3.8) is 0 Å². The van der Waals surface area contributed by atoms with Gasteiger partial charge in [0.1, 0.15) is 0 Å². The van der Waals surface area contributed by atoms with Crippen molar-refractivity contribution < 1.29 is 38.2 Å². The molecule has 14 heteroatoms. The van der Waals surface area contributed by atoms with E-state index < -0.39 is 18.7 Å². The zero-order valence-electron chi connectivity index (χ0n) is 17.6. The number of hydrogen-bond acceptors (Lipinski definition) is 8. The Morgan fingerprint density at radius 3 is 1.78 bits per heavy atom. The fraction of sp³-hybridized carbons (Fsp3) is 0.389. The largest absolute Gasteiger partial charge is 0.450 e. The standard InChI is InChI=1S/C15H15I3N2O6.C3H5ClO2/c1-6(21)19-13-10(16)9(15(24)26-5-25-8(3)23)11(17)14(12(13)18)20(4)7(2)22;1-3(5)6-2-4/h5H2,1-4H3,(H,19,21);2H2,1H3. The summed E-state index contributed by atoms with van der Waals surface area (Å²) in [4.78, 5) is 57.9. The number of amides is 2. The lowest BCUT2D eigenvalue weighted by Gasteiger charge is -2.24. The minimum atomic E-state index is -0.735. The highest BCUT2D eigenvalue weighted by atomic mass is 127. The number of nitrogens with zero attached hydrogens (tertiary/aromatic N) is 1. The van der Waals surface area contributed by atoms with E-state index in [1.165, 1.54) is 32.6 Å². The average molecular weight is 809 g/mol. The maximum absolute atomic E-state index is 12.5. The molecule has 0 aromatic heterocycles. The first-order chi connectivity index (χ1) is 14.8. The van der Waals surface area contributed by atoms with Gasteiger partial charge in [0, 0.05) is 34.7 Å². The van der Waals surface area contributed by atoms with E-state index >= 15 is 0 Å². The van der Waals surface area contributed by atoms with Crippen molar-refractivity contribution in [2.24, 2.45) is 0 Å². The predicted octanol–water partition coefficient (Wildman–Crippen LogP) is 3.86. The number of carbonyl (C=O) groups excluding carboxylic acids is 5. The molecule has 0 fully saturated rings. The molecule has 0 saturated heterocycles. The van der Waals surface area contributed by atoms with Gasteiger partial charge in [0.05, 0.1) is 27.6 Å². The van der Waals surface area contributed by atoms with E-state index in [1.54, 1.807) is 7.05 Å². The summed E-state index contributed by atoms with van der Waals surface area (Å²) in [5.41, 5.74) is 1.05. The first-order valence-corrected chi connectivity index (χ1v) is 12.2. The molecule has 0 aliphatic carbocycles. The van der Waals surface area contributed by atoms with Crippen LogP contribution in [-0.2, 0) is 33.4 Å². The fourth-order valence-corrected chi connectivity index (χ4v) is 6.64. The van der Waals surface area contributed by atoms with E-state index in [0.29, 0.717) is 22.1 Å². The molecule has 0 aliphatic heterocycles. The number of anilines is 2. The van der Waals surface area contributed by atoms with Gasteiger partial charge in [0.15, 0.2) is 6.07 Å². The zero-order chi connectivity index (χ0) is 25.2. The van der Waals surface area contributed by atoms with Crippen molar-refractivity contribution >= 4 is 120 Å². The lowest BCUT2D eigenvalue weighted by atomic mass is 10.1. The molecule has 1 N–H and O–H groups in total. The van der Waals surface area contributed by atoms with Crippen molar-refractivity contribution in [1.82, 2.24) is 0 Å². The van der Waals surface area contributed by atoms with Gasteiger partial charge in [-0.05, 0) is 67.8 Å². The predicted molar refractivity (Wildman–Crippen MR) is 143 cm³/mol. The van der Waals surface area contributed by atoms with Crippen molar-refractivity contribution in [1.29, 1.82) is 0 Å². The van der Waals surface area contributed by atoms with Crippen LogP contribution in [0, 0.1) is 10.7 Å². The summed E-state index contributed by atoms with van der Waals surface area (Å²) in [5, 5.41) is 2.68. The van der Waals surface area contributed by atoms with E-state index in [4.69, 9.17) is 16.3 Å². The summed E-state index contributed by atoms with van der Waals surface area (Å²) in [6.45, 7) is 4.71. The Labute approximate surface area is 230 Å². The highest BCUT2D eigenvalue weighted by Crippen LogP contribution is 2.40. The van der Waals surface area contributed by atoms with Gasteiger partial charge in [-0.2, -0.15) is 0 Å². The maximum atomic E-state index is 12.5. The van der Waals surface area contributed by atoms with E-state index in [1.807, 2.05) is 67.8 Å². The van der Waals surface area contributed by atoms with Gasteiger partial charge >= 0.3 is 17.9 Å². The van der Waals surface area contributed by atoms with Crippen LogP contribution in [0.5, 0.6) is 0 Å². The first kappa shape index (κ1) is 31.0. The van der Waals surface area contributed by atoms with Gasteiger partial charge in [-0.1, -0.05) is 11.6 Å². The monoisotopic (exact) mass is 808 g/mol. The van der Waals surface area contributed by atoms with Crippen LogP contribution in [-0.4, -0.2) is 49.6 Å². The molecule has 0 unspecified atom stereocenters. The topological polar surface area (TPSA) is 128 Å². The molecule has 1 aromatic rings. The van der Waals surface area contributed by atoms with Crippen molar-refractivity contribution in [3.05, 3.63) is 16.3 Å². The second-order valence-electron chi connectivity index (χ2n) is 5.73. The first-order valence-electron chi connectivity index (χ1n) is 8.48. The second-order valence-corrected chi connectivity index (χ2v) is 9.18. The van der Waals surface area contributed by atoms with Gasteiger partial charge in [-0.3, -0.25) is 19.2 Å². The number of rotatable bonds is 6. The molecule has 1 rings (SSSR count). The van der Waals surface area contributed by atoms with E-state index in [2.05, 4.69) is 14.8 Å². The number of halogens is 4. The Morgan fingerprint density at radius 1 is 0.875 bits per heavy atom. The molecule has 0 radical (unpaired) electrons. The van der Waals surface area contributed by atoms with Gasteiger partial charge in [0.25, 0.3) is 0 Å². The molecular weight excluding hydrogens is 788 g/mol. The minimum Gasteiger partial charge on any atom is -0.450 e. The maximum Gasteiger partial charge on any atom is 0.343 e. The molecule has 0 heterocycles. The highest BCUT2D eigenvalue weighted by molar-refractivity contribution is 14.1. The lowest BCUT2D eigenvalue weighted by Crippen LogP contribution is -2.27. The van der Waals surface area contributed by atoms with E-state index in [0.717, 1.165) is 0 Å². The number of carbonyl (C=O) groups is 5. The second kappa shape index (κ2) is 15.0. The van der Waals surface area contributed by atoms with Crippen LogP contribution in [0.3, 0.4) is 0 Å². The summed E-state index contributed by atoms with van der Waals surface area (Å²) < 4.78 is 15.3. The number of ether oxygens (including phenoxy) is 3. The highest BCUT2D eigenvalue weighted by Gasteiger charge is 2.28. The number of hydrogen-bond donors (Lipinski definition) is 1. The molecule has 0 saturated carbocycles. The Kier molecular flexibility index (Phi) is 14.6. The third kappa shape index (κ3) is 9.90. The SMILES string of the molecule is CC(=O)Nc1c(I)c(C(=O)OCOC(C)=O)c(I)c(N(C)C(C)=O)c1I.CC(=O)OCCl. The Bertz CT molecular complexity index is 911. The summed E-state index contributed by atoms with van der Waals surface area (Å²) >= 11 is 10.8. The van der Waals surface area contributed by atoms with Gasteiger partial charge < -0.3 is 24.4 Å². The average Bonchev–Trinajstić information content (AvgIpc) is 2.65. The van der Waals surface area contributed by atoms with Crippen LogP contribution in [0.4, 0.5) is 11.4 Å². The lowest BCUT2D eigenvalue weighted by molar-refractivity contribution is -0.149. The van der Waals surface area contributed by atoms with Gasteiger partial charge in [-0.25, -0.2) is 4.79 Å². The summed E-state index contributed by atoms with van der Waals surface area (Å²) in [7, 11) is 1.57. The Hall–Kier alpha value is -0.950. The molecule has 32 heavy (non-hydrogen) atoms. The van der Waals surface area contributed by atoms with E-state index in [-0.39, 0.29) is 29.4 Å². The normalized spacial score (nSPS) is 9.66. The molecule has 0 spiro atoms. The third-order valence-electron chi connectivity index (χ3n) is 3.32. The summed E-state index contributed by atoms with van der Waals surface area (Å²) in [6.07, 6.45) is 0. The van der Waals surface area contributed by atoms with Crippen LogP contribution >= 0.6 is 79.4 Å². The Morgan fingerprint density at radius 2 is 1.41 bits per heavy atom. The van der Waals surface area contributed by atoms with Crippen molar-refractivity contribution in [3.8, 4) is 0 Å². The van der Waals surface area contributed by atoms with E-state index in [9.17, 15) is 24.0 Å². The molecule has 0 bridgehead atoms. The van der Waals surface area contributed by atoms with Crippen molar-refractivity contribution in [2.45, 2.75) is 27.7 Å². The smallest absolute Gasteiger partial charge is 0.343 e. The summed E-state index contributed by atoms with van der Waals surface area (Å²) in [5.74, 6) is -2.22. The third-order valence-corrected chi connectivity index (χ3v) is 6.61.